The molecule has 0 saturated carbocycles. The lowest BCUT2D eigenvalue weighted by molar-refractivity contribution is 0.777. The number of nitrogens with zero attached hydrogens (tertiary/aromatic N) is 2. The molecule has 2 rings (SSSR count). The van der Waals surface area contributed by atoms with Gasteiger partial charge in [-0.25, -0.2) is 9.97 Å². The van der Waals surface area contributed by atoms with Crippen molar-refractivity contribution in [3.05, 3.63) is 40.1 Å². The van der Waals surface area contributed by atoms with Crippen LogP contribution >= 0.6 is 23.2 Å². The van der Waals surface area contributed by atoms with Crippen LogP contribution in [0.5, 0.6) is 0 Å². The first kappa shape index (κ1) is 15.9. The number of nitrogens with one attached hydrogen (secondary N) is 2. The zero-order chi connectivity index (χ0) is 15.4. The third-order valence-electron chi connectivity index (χ3n) is 2.81. The molecule has 0 aliphatic heterocycles. The molecule has 0 aliphatic carbocycles. The van der Waals surface area contributed by atoms with Crippen LogP contribution in [0.1, 0.15) is 32.5 Å². The summed E-state index contributed by atoms with van der Waals surface area (Å²) in [6.07, 6.45) is 0. The Morgan fingerprint density at radius 3 is 2.48 bits per heavy atom. The normalized spacial score (nSPS) is 10.8. The van der Waals surface area contributed by atoms with Crippen molar-refractivity contribution in [1.82, 2.24) is 9.97 Å². The summed E-state index contributed by atoms with van der Waals surface area (Å²) < 4.78 is 0. The molecule has 1 aromatic heterocycles. The van der Waals surface area contributed by atoms with Gasteiger partial charge in [-0.2, -0.15) is 0 Å². The summed E-state index contributed by atoms with van der Waals surface area (Å²) >= 11 is 12.2. The minimum Gasteiger partial charge on any atom is -0.370 e. The van der Waals surface area contributed by atoms with E-state index in [1.54, 1.807) is 18.2 Å². The van der Waals surface area contributed by atoms with Crippen LogP contribution < -0.4 is 10.6 Å². The first-order chi connectivity index (χ1) is 9.99. The molecular formula is C15H18Cl2N4. The van der Waals surface area contributed by atoms with Gasteiger partial charge in [0.25, 0.3) is 0 Å². The second-order valence-electron chi connectivity index (χ2n) is 4.93. The Bertz CT molecular complexity index is 629. The lowest BCUT2D eigenvalue weighted by Crippen LogP contribution is -2.07. The molecule has 0 fully saturated rings. The molecule has 6 heteroatoms. The minimum atomic E-state index is 0.235. The van der Waals surface area contributed by atoms with E-state index in [2.05, 4.69) is 34.4 Å². The van der Waals surface area contributed by atoms with E-state index in [-0.39, 0.29) is 5.92 Å². The summed E-state index contributed by atoms with van der Waals surface area (Å²) in [7, 11) is 0. The van der Waals surface area contributed by atoms with E-state index >= 15 is 0 Å². The summed E-state index contributed by atoms with van der Waals surface area (Å²) in [4.78, 5) is 9.00. The number of anilines is 3. The Hall–Kier alpha value is -1.52. The van der Waals surface area contributed by atoms with Crippen LogP contribution in [0.25, 0.3) is 0 Å². The Kier molecular flexibility index (Phi) is 5.26. The highest BCUT2D eigenvalue weighted by Crippen LogP contribution is 2.29. The van der Waals surface area contributed by atoms with Crippen LogP contribution in [0.3, 0.4) is 0 Å². The van der Waals surface area contributed by atoms with Crippen molar-refractivity contribution in [2.24, 2.45) is 0 Å². The van der Waals surface area contributed by atoms with Gasteiger partial charge in [-0.1, -0.05) is 37.0 Å². The van der Waals surface area contributed by atoms with Crippen LogP contribution in [-0.4, -0.2) is 16.5 Å². The maximum Gasteiger partial charge on any atom is 0.136 e. The van der Waals surface area contributed by atoms with Crippen molar-refractivity contribution in [1.29, 1.82) is 0 Å². The van der Waals surface area contributed by atoms with Gasteiger partial charge < -0.3 is 10.6 Å². The highest BCUT2D eigenvalue weighted by atomic mass is 35.5. The van der Waals surface area contributed by atoms with E-state index in [9.17, 15) is 0 Å². The second-order valence-corrected chi connectivity index (χ2v) is 5.77. The Labute approximate surface area is 134 Å². The second kappa shape index (κ2) is 6.96. The standard InChI is InChI=1S/C15H18Cl2N4/c1-4-18-13-8-14(21-15(20-13)9(2)3)19-12-7-10(16)5-6-11(12)17/h5-9H,4H2,1-3H3,(H2,18,19,20,21). The van der Waals surface area contributed by atoms with Gasteiger partial charge in [-0.15, -0.1) is 0 Å². The fourth-order valence-corrected chi connectivity index (χ4v) is 2.13. The van der Waals surface area contributed by atoms with Gasteiger partial charge in [0.2, 0.25) is 0 Å². The van der Waals surface area contributed by atoms with Gasteiger partial charge in [0.1, 0.15) is 17.5 Å². The average molecular weight is 325 g/mol. The molecule has 0 aliphatic rings. The predicted octanol–water partition coefficient (Wildman–Crippen LogP) is 5.08. The molecule has 1 heterocycles. The van der Waals surface area contributed by atoms with E-state index in [0.29, 0.717) is 15.9 Å². The van der Waals surface area contributed by atoms with Crippen LogP contribution in [-0.2, 0) is 0 Å². The zero-order valence-electron chi connectivity index (χ0n) is 12.2. The van der Waals surface area contributed by atoms with E-state index in [1.165, 1.54) is 0 Å². The van der Waals surface area contributed by atoms with E-state index in [0.717, 1.165) is 23.9 Å². The van der Waals surface area contributed by atoms with Crippen LogP contribution in [0, 0.1) is 0 Å². The molecule has 0 atom stereocenters. The minimum absolute atomic E-state index is 0.235. The van der Waals surface area contributed by atoms with Crippen molar-refractivity contribution < 1.29 is 0 Å². The fourth-order valence-electron chi connectivity index (χ4n) is 1.79. The quantitative estimate of drug-likeness (QED) is 0.804. The maximum atomic E-state index is 6.17. The molecule has 0 unspecified atom stereocenters. The molecule has 2 aromatic rings. The summed E-state index contributed by atoms with van der Waals surface area (Å²) in [5.41, 5.74) is 0.722. The number of aromatic nitrogens is 2. The monoisotopic (exact) mass is 324 g/mol. The highest BCUT2D eigenvalue weighted by molar-refractivity contribution is 6.35. The largest absolute Gasteiger partial charge is 0.370 e. The number of hydrogen-bond acceptors (Lipinski definition) is 4. The molecule has 0 spiro atoms. The van der Waals surface area contributed by atoms with E-state index in [4.69, 9.17) is 23.2 Å². The first-order valence-corrected chi connectivity index (χ1v) is 7.60. The van der Waals surface area contributed by atoms with Crippen molar-refractivity contribution >= 4 is 40.5 Å². The first-order valence-electron chi connectivity index (χ1n) is 6.84. The highest BCUT2D eigenvalue weighted by Gasteiger charge is 2.09. The Morgan fingerprint density at radius 1 is 1.10 bits per heavy atom. The molecule has 21 heavy (non-hydrogen) atoms. The molecule has 0 bridgehead atoms. The number of rotatable bonds is 5. The van der Waals surface area contributed by atoms with Gasteiger partial charge >= 0.3 is 0 Å². The molecular weight excluding hydrogens is 307 g/mol. The summed E-state index contributed by atoms with van der Waals surface area (Å²) in [6.45, 7) is 6.94. The molecule has 0 radical (unpaired) electrons. The Morgan fingerprint density at radius 2 is 1.81 bits per heavy atom. The molecule has 2 N–H and O–H groups in total. The van der Waals surface area contributed by atoms with Gasteiger partial charge in [-0.3, -0.25) is 0 Å². The molecule has 112 valence electrons. The summed E-state index contributed by atoms with van der Waals surface area (Å²) in [5.74, 6) is 2.48. The fraction of sp³-hybridized carbons (Fsp3) is 0.333. The maximum absolute atomic E-state index is 6.17. The van der Waals surface area contributed by atoms with Gasteiger partial charge in [0, 0.05) is 23.6 Å². The van der Waals surface area contributed by atoms with E-state index in [1.807, 2.05) is 13.0 Å². The third-order valence-corrected chi connectivity index (χ3v) is 3.37. The lowest BCUT2D eigenvalue weighted by Gasteiger charge is -2.13. The topological polar surface area (TPSA) is 49.8 Å². The van der Waals surface area contributed by atoms with Crippen molar-refractivity contribution in [2.45, 2.75) is 26.7 Å². The van der Waals surface area contributed by atoms with Crippen LogP contribution in [0.4, 0.5) is 17.3 Å². The summed E-state index contributed by atoms with van der Waals surface area (Å²) in [6, 6.07) is 7.13. The third kappa shape index (κ3) is 4.22. The smallest absolute Gasteiger partial charge is 0.136 e. The van der Waals surface area contributed by atoms with Crippen molar-refractivity contribution in [3.8, 4) is 0 Å². The van der Waals surface area contributed by atoms with Crippen LogP contribution in [0.2, 0.25) is 10.0 Å². The Balaban J connectivity index is 2.36. The van der Waals surface area contributed by atoms with E-state index < -0.39 is 0 Å². The number of benzene rings is 1. The van der Waals surface area contributed by atoms with Crippen molar-refractivity contribution in [3.63, 3.8) is 0 Å². The predicted molar refractivity (Wildman–Crippen MR) is 90.0 cm³/mol. The average Bonchev–Trinajstić information content (AvgIpc) is 2.43. The molecule has 0 amide bonds. The molecule has 1 aromatic carbocycles. The summed E-state index contributed by atoms with van der Waals surface area (Å²) in [5, 5.41) is 7.61. The number of halogens is 2. The number of hydrogen-bond donors (Lipinski definition) is 2. The molecule has 0 saturated heterocycles. The van der Waals surface area contributed by atoms with Gasteiger partial charge in [0.15, 0.2) is 0 Å². The zero-order valence-corrected chi connectivity index (χ0v) is 13.8. The van der Waals surface area contributed by atoms with Gasteiger partial charge in [0.05, 0.1) is 10.7 Å². The van der Waals surface area contributed by atoms with Crippen LogP contribution in [0.15, 0.2) is 24.3 Å². The van der Waals surface area contributed by atoms with Gasteiger partial charge in [-0.05, 0) is 25.1 Å². The lowest BCUT2D eigenvalue weighted by atomic mass is 10.2. The molecule has 4 nitrogen and oxygen atoms in total. The van der Waals surface area contributed by atoms with Crippen molar-refractivity contribution in [2.75, 3.05) is 17.2 Å². The SMILES string of the molecule is CCNc1cc(Nc2cc(Cl)ccc2Cl)nc(C(C)C)n1.